The number of carboxylic acid groups (broad SMARTS) is 1. The molecule has 116 valence electrons. The van der Waals surface area contributed by atoms with Crippen molar-refractivity contribution in [2.45, 2.75) is 26.7 Å². The van der Waals surface area contributed by atoms with Crippen molar-refractivity contribution in [2.24, 2.45) is 0 Å². The van der Waals surface area contributed by atoms with Crippen LogP contribution in [0.25, 0.3) is 6.08 Å². The topological polar surface area (TPSA) is 77.8 Å². The summed E-state index contributed by atoms with van der Waals surface area (Å²) in [7, 11) is 0. The Labute approximate surface area is 128 Å². The summed E-state index contributed by atoms with van der Waals surface area (Å²) in [6.45, 7) is 4.76. The van der Waals surface area contributed by atoms with Gasteiger partial charge in [-0.25, -0.2) is 4.79 Å². The van der Waals surface area contributed by atoms with Gasteiger partial charge in [-0.2, -0.15) is 0 Å². The SMILES string of the molecule is CCCCN(CCO)C(=O)c1cc(C)c(/C=C/C(=O)O)s1. The average molecular weight is 311 g/mol. The van der Waals surface area contributed by atoms with Gasteiger partial charge in [-0.3, -0.25) is 4.79 Å². The van der Waals surface area contributed by atoms with Gasteiger partial charge >= 0.3 is 5.97 Å². The average Bonchev–Trinajstić information content (AvgIpc) is 2.81. The molecule has 0 aliphatic carbocycles. The van der Waals surface area contributed by atoms with E-state index in [9.17, 15) is 9.59 Å². The van der Waals surface area contributed by atoms with Gasteiger partial charge in [-0.1, -0.05) is 13.3 Å². The van der Waals surface area contributed by atoms with Gasteiger partial charge in [-0.15, -0.1) is 11.3 Å². The maximum Gasteiger partial charge on any atom is 0.328 e. The second kappa shape index (κ2) is 8.59. The lowest BCUT2D eigenvalue weighted by Gasteiger charge is -2.20. The Balaban J connectivity index is 2.90. The van der Waals surface area contributed by atoms with Crippen molar-refractivity contribution in [2.75, 3.05) is 19.7 Å². The van der Waals surface area contributed by atoms with E-state index < -0.39 is 5.97 Å². The Morgan fingerprint density at radius 3 is 2.67 bits per heavy atom. The minimum atomic E-state index is -1.01. The van der Waals surface area contributed by atoms with E-state index >= 15 is 0 Å². The van der Waals surface area contributed by atoms with Crippen molar-refractivity contribution in [1.82, 2.24) is 4.90 Å². The Kier molecular flexibility index (Phi) is 7.11. The van der Waals surface area contributed by atoms with Gasteiger partial charge < -0.3 is 15.1 Å². The van der Waals surface area contributed by atoms with E-state index in [0.29, 0.717) is 18.0 Å². The van der Waals surface area contributed by atoms with Gasteiger partial charge in [0, 0.05) is 24.0 Å². The number of aliphatic carboxylic acids is 1. The molecule has 2 N–H and O–H groups in total. The molecule has 0 aliphatic heterocycles. The van der Waals surface area contributed by atoms with Crippen LogP contribution in [0.4, 0.5) is 0 Å². The molecule has 1 aromatic heterocycles. The molecule has 1 aromatic rings. The van der Waals surface area contributed by atoms with Gasteiger partial charge in [0.1, 0.15) is 0 Å². The zero-order valence-electron chi connectivity index (χ0n) is 12.3. The highest BCUT2D eigenvalue weighted by Crippen LogP contribution is 2.24. The van der Waals surface area contributed by atoms with Crippen molar-refractivity contribution < 1.29 is 19.8 Å². The van der Waals surface area contributed by atoms with Crippen LogP contribution in [0.3, 0.4) is 0 Å². The van der Waals surface area contributed by atoms with Crippen LogP contribution < -0.4 is 0 Å². The van der Waals surface area contributed by atoms with Crippen LogP contribution in [0.2, 0.25) is 0 Å². The lowest BCUT2D eigenvalue weighted by atomic mass is 10.2. The van der Waals surface area contributed by atoms with Crippen LogP contribution >= 0.6 is 11.3 Å². The first-order valence-corrected chi connectivity index (χ1v) is 7.72. The van der Waals surface area contributed by atoms with Crippen molar-refractivity contribution in [3.05, 3.63) is 27.5 Å². The van der Waals surface area contributed by atoms with Crippen LogP contribution in [0.1, 0.15) is 39.9 Å². The van der Waals surface area contributed by atoms with Crippen molar-refractivity contribution >= 4 is 29.3 Å². The minimum Gasteiger partial charge on any atom is -0.478 e. The summed E-state index contributed by atoms with van der Waals surface area (Å²) < 4.78 is 0. The molecule has 5 nitrogen and oxygen atoms in total. The number of hydrogen-bond donors (Lipinski definition) is 2. The van der Waals surface area contributed by atoms with Crippen LogP contribution in [-0.2, 0) is 4.79 Å². The Morgan fingerprint density at radius 2 is 2.10 bits per heavy atom. The van der Waals surface area contributed by atoms with E-state index in [-0.39, 0.29) is 12.5 Å². The number of nitrogens with zero attached hydrogens (tertiary/aromatic N) is 1. The summed E-state index contributed by atoms with van der Waals surface area (Å²) in [5.74, 6) is -1.12. The Bertz CT molecular complexity index is 522. The number of aliphatic hydroxyl groups is 1. The molecule has 0 aromatic carbocycles. The van der Waals surface area contributed by atoms with E-state index in [1.54, 1.807) is 11.0 Å². The number of unbranched alkanes of at least 4 members (excludes halogenated alkanes) is 1. The number of aliphatic hydroxyl groups excluding tert-OH is 1. The molecule has 0 bridgehead atoms. The molecule has 6 heteroatoms. The third-order valence-corrected chi connectivity index (χ3v) is 4.17. The normalized spacial score (nSPS) is 11.0. The molecular weight excluding hydrogens is 290 g/mol. The van der Waals surface area contributed by atoms with Crippen molar-refractivity contribution in [3.63, 3.8) is 0 Å². The summed E-state index contributed by atoms with van der Waals surface area (Å²) in [5.41, 5.74) is 0.875. The largest absolute Gasteiger partial charge is 0.478 e. The Morgan fingerprint density at radius 1 is 1.38 bits per heavy atom. The van der Waals surface area contributed by atoms with Crippen LogP contribution in [0.15, 0.2) is 12.1 Å². The zero-order valence-corrected chi connectivity index (χ0v) is 13.2. The molecule has 0 unspecified atom stereocenters. The van der Waals surface area contributed by atoms with E-state index in [2.05, 4.69) is 0 Å². The molecule has 0 aliphatic rings. The Hall–Kier alpha value is -1.66. The van der Waals surface area contributed by atoms with Gasteiger partial charge in [-0.05, 0) is 31.1 Å². The molecule has 0 fully saturated rings. The van der Waals surface area contributed by atoms with Crippen LogP contribution in [0.5, 0.6) is 0 Å². The first-order valence-electron chi connectivity index (χ1n) is 6.91. The van der Waals surface area contributed by atoms with E-state index in [1.807, 2.05) is 13.8 Å². The quantitative estimate of drug-likeness (QED) is 0.723. The summed E-state index contributed by atoms with van der Waals surface area (Å²) in [6, 6.07) is 1.77. The van der Waals surface area contributed by atoms with Gasteiger partial charge in [0.15, 0.2) is 0 Å². The number of carbonyl (C=O) groups is 2. The standard InChI is InChI=1S/C15H21NO4S/c1-3-4-7-16(8-9-17)15(20)13-10-11(2)12(21-13)5-6-14(18)19/h5-6,10,17H,3-4,7-9H2,1-2H3,(H,18,19)/b6-5+. The molecule has 1 amide bonds. The summed E-state index contributed by atoms with van der Waals surface area (Å²) in [5, 5.41) is 17.7. The van der Waals surface area contributed by atoms with Crippen LogP contribution in [-0.4, -0.2) is 46.7 Å². The van der Waals surface area contributed by atoms with Crippen molar-refractivity contribution in [1.29, 1.82) is 0 Å². The number of amides is 1. The highest BCUT2D eigenvalue weighted by molar-refractivity contribution is 7.15. The molecule has 0 spiro atoms. The fourth-order valence-corrected chi connectivity index (χ4v) is 2.90. The third-order valence-electron chi connectivity index (χ3n) is 2.98. The fraction of sp³-hybridized carbons (Fsp3) is 0.467. The number of hydrogen-bond acceptors (Lipinski definition) is 4. The highest BCUT2D eigenvalue weighted by atomic mass is 32.1. The number of carbonyl (C=O) groups excluding carboxylic acids is 1. The van der Waals surface area contributed by atoms with Crippen LogP contribution in [0, 0.1) is 6.92 Å². The predicted octanol–water partition coefficient (Wildman–Crippen LogP) is 2.39. The number of aryl methyl sites for hydroxylation is 1. The first-order chi connectivity index (χ1) is 9.99. The molecule has 0 saturated carbocycles. The lowest BCUT2D eigenvalue weighted by Crippen LogP contribution is -2.33. The first kappa shape index (κ1) is 17.4. The fourth-order valence-electron chi connectivity index (χ4n) is 1.85. The monoisotopic (exact) mass is 311 g/mol. The predicted molar refractivity (Wildman–Crippen MR) is 83.6 cm³/mol. The number of carboxylic acids is 1. The highest BCUT2D eigenvalue weighted by Gasteiger charge is 2.18. The smallest absolute Gasteiger partial charge is 0.328 e. The van der Waals surface area contributed by atoms with E-state index in [0.717, 1.165) is 29.4 Å². The molecule has 1 heterocycles. The molecule has 21 heavy (non-hydrogen) atoms. The maximum absolute atomic E-state index is 12.4. The van der Waals surface area contributed by atoms with Gasteiger partial charge in [0.2, 0.25) is 0 Å². The summed E-state index contributed by atoms with van der Waals surface area (Å²) >= 11 is 1.27. The third kappa shape index (κ3) is 5.32. The maximum atomic E-state index is 12.4. The second-order valence-corrected chi connectivity index (χ2v) is 5.78. The molecule has 0 radical (unpaired) electrons. The van der Waals surface area contributed by atoms with E-state index in [4.69, 9.17) is 10.2 Å². The minimum absolute atomic E-state index is 0.0639. The van der Waals surface area contributed by atoms with Gasteiger partial charge in [0.25, 0.3) is 5.91 Å². The van der Waals surface area contributed by atoms with Gasteiger partial charge in [0.05, 0.1) is 11.5 Å². The lowest BCUT2D eigenvalue weighted by molar-refractivity contribution is -0.131. The van der Waals surface area contributed by atoms with Crippen molar-refractivity contribution in [3.8, 4) is 0 Å². The zero-order chi connectivity index (χ0) is 15.8. The molecule has 0 saturated heterocycles. The van der Waals surface area contributed by atoms with E-state index in [1.165, 1.54) is 17.4 Å². The summed E-state index contributed by atoms with van der Waals surface area (Å²) in [6.07, 6.45) is 4.43. The molecule has 0 atom stereocenters. The second-order valence-electron chi connectivity index (χ2n) is 4.70. The molecular formula is C15H21NO4S. The number of rotatable bonds is 8. The molecule has 1 rings (SSSR count). The summed E-state index contributed by atoms with van der Waals surface area (Å²) in [4.78, 5) is 26.0. The number of thiophene rings is 1.